The van der Waals surface area contributed by atoms with E-state index in [0.29, 0.717) is 5.82 Å². The van der Waals surface area contributed by atoms with Gasteiger partial charge in [-0.3, -0.25) is 0 Å². The second-order valence-electron chi connectivity index (χ2n) is 3.84. The number of rotatable bonds is 4. The Kier molecular flexibility index (Phi) is 3.88. The molecule has 16 heavy (non-hydrogen) atoms. The van der Waals surface area contributed by atoms with Crippen molar-refractivity contribution in [3.8, 4) is 0 Å². The Morgan fingerprint density at radius 3 is 2.44 bits per heavy atom. The number of pyridine rings is 1. The van der Waals surface area contributed by atoms with Crippen LogP contribution in [0.2, 0.25) is 0 Å². The van der Waals surface area contributed by atoms with Gasteiger partial charge in [0.25, 0.3) is 0 Å². The molecule has 0 saturated carbocycles. The number of aromatic nitrogens is 1. The summed E-state index contributed by atoms with van der Waals surface area (Å²) in [5, 5.41) is 3.14. The zero-order valence-corrected chi connectivity index (χ0v) is 10.7. The molecule has 0 atom stereocenters. The average Bonchev–Trinajstić information content (AvgIpc) is 2.20. The van der Waals surface area contributed by atoms with Crippen LogP contribution in [0.4, 0.5) is 5.82 Å². The highest BCUT2D eigenvalue weighted by molar-refractivity contribution is 7.89. The molecule has 1 rings (SSSR count). The van der Waals surface area contributed by atoms with Crippen molar-refractivity contribution < 1.29 is 8.42 Å². The van der Waals surface area contributed by atoms with Gasteiger partial charge in [0.1, 0.15) is 10.7 Å². The first-order valence-electron chi connectivity index (χ1n) is 5.03. The fourth-order valence-corrected chi connectivity index (χ4v) is 2.00. The summed E-state index contributed by atoms with van der Waals surface area (Å²) in [6.45, 7) is 5.82. The second-order valence-corrected chi connectivity index (χ2v) is 5.73. The van der Waals surface area contributed by atoms with Gasteiger partial charge >= 0.3 is 0 Å². The monoisotopic (exact) mass is 243 g/mol. The van der Waals surface area contributed by atoms with Crippen LogP contribution in [0.15, 0.2) is 17.2 Å². The highest BCUT2D eigenvalue weighted by atomic mass is 32.2. The van der Waals surface area contributed by atoms with E-state index in [9.17, 15) is 8.42 Å². The molecule has 5 nitrogen and oxygen atoms in total. The summed E-state index contributed by atoms with van der Waals surface area (Å²) in [6, 6.07) is 1.86. The number of hydrogen-bond donors (Lipinski definition) is 2. The molecule has 0 aliphatic rings. The maximum atomic E-state index is 11.5. The Hall–Kier alpha value is -1.14. The molecule has 0 aromatic carbocycles. The zero-order chi connectivity index (χ0) is 12.3. The lowest BCUT2D eigenvalue weighted by Gasteiger charge is -2.12. The van der Waals surface area contributed by atoms with Crippen LogP contribution < -0.4 is 10.0 Å². The lowest BCUT2D eigenvalue weighted by Crippen LogP contribution is -2.19. The first-order chi connectivity index (χ1) is 7.36. The average molecular weight is 243 g/mol. The van der Waals surface area contributed by atoms with Crippen molar-refractivity contribution in [1.82, 2.24) is 9.71 Å². The molecule has 1 aromatic rings. The highest BCUT2D eigenvalue weighted by Gasteiger charge is 2.13. The highest BCUT2D eigenvalue weighted by Crippen LogP contribution is 2.16. The van der Waals surface area contributed by atoms with Crippen molar-refractivity contribution in [2.75, 3.05) is 12.4 Å². The summed E-state index contributed by atoms with van der Waals surface area (Å²) in [4.78, 5) is 4.28. The van der Waals surface area contributed by atoms with Gasteiger partial charge in [0, 0.05) is 12.2 Å². The van der Waals surface area contributed by atoms with Gasteiger partial charge in [0.2, 0.25) is 10.0 Å². The number of sulfonamides is 1. The molecule has 0 amide bonds. The first kappa shape index (κ1) is 12.9. The number of nitrogens with one attached hydrogen (secondary N) is 2. The molecule has 2 N–H and O–H groups in total. The summed E-state index contributed by atoms with van der Waals surface area (Å²) >= 11 is 0. The molecule has 0 spiro atoms. The number of nitrogens with zero attached hydrogens (tertiary/aromatic N) is 1. The van der Waals surface area contributed by atoms with Crippen LogP contribution >= 0.6 is 0 Å². The minimum atomic E-state index is -3.41. The first-order valence-corrected chi connectivity index (χ1v) is 6.52. The number of hydrogen-bond acceptors (Lipinski definition) is 4. The zero-order valence-electron chi connectivity index (χ0n) is 9.90. The van der Waals surface area contributed by atoms with E-state index < -0.39 is 10.0 Å². The van der Waals surface area contributed by atoms with E-state index in [1.54, 1.807) is 6.07 Å². The molecule has 0 aliphatic carbocycles. The van der Waals surface area contributed by atoms with Gasteiger partial charge in [0.15, 0.2) is 0 Å². The van der Waals surface area contributed by atoms with Crippen LogP contribution in [-0.2, 0) is 10.0 Å². The number of anilines is 1. The Bertz CT molecular complexity index is 469. The van der Waals surface area contributed by atoms with E-state index in [2.05, 4.69) is 15.0 Å². The van der Waals surface area contributed by atoms with Gasteiger partial charge < -0.3 is 5.32 Å². The maximum Gasteiger partial charge on any atom is 0.241 e. The van der Waals surface area contributed by atoms with Crippen molar-refractivity contribution in [2.45, 2.75) is 31.7 Å². The quantitative estimate of drug-likeness (QED) is 0.831. The minimum absolute atomic E-state index is 0.182. The third-order valence-corrected chi connectivity index (χ3v) is 3.44. The van der Waals surface area contributed by atoms with Crippen LogP contribution in [0, 0.1) is 6.92 Å². The van der Waals surface area contributed by atoms with E-state index in [1.165, 1.54) is 13.2 Å². The van der Waals surface area contributed by atoms with Gasteiger partial charge in [-0.1, -0.05) is 0 Å². The molecule has 6 heteroatoms. The third kappa shape index (κ3) is 2.93. The summed E-state index contributed by atoms with van der Waals surface area (Å²) in [7, 11) is -2.03. The Morgan fingerprint density at radius 2 is 2.00 bits per heavy atom. The molecular weight excluding hydrogens is 226 g/mol. The fourth-order valence-electron chi connectivity index (χ4n) is 1.24. The van der Waals surface area contributed by atoms with Gasteiger partial charge in [-0.2, -0.15) is 0 Å². The summed E-state index contributed by atoms with van der Waals surface area (Å²) in [5.74, 6) is 0.713. The SMILES string of the molecule is CNS(=O)(=O)c1cnc(NC(C)C)c(C)c1. The van der Waals surface area contributed by atoms with Crippen LogP contribution in [0.1, 0.15) is 19.4 Å². The molecule has 1 heterocycles. The van der Waals surface area contributed by atoms with E-state index in [4.69, 9.17) is 0 Å². The smallest absolute Gasteiger partial charge is 0.241 e. The lowest BCUT2D eigenvalue weighted by atomic mass is 10.2. The van der Waals surface area contributed by atoms with Crippen molar-refractivity contribution in [1.29, 1.82) is 0 Å². The maximum absolute atomic E-state index is 11.5. The van der Waals surface area contributed by atoms with Crippen LogP contribution in [-0.4, -0.2) is 26.5 Å². The molecule has 0 bridgehead atoms. The lowest BCUT2D eigenvalue weighted by molar-refractivity contribution is 0.587. The van der Waals surface area contributed by atoms with Gasteiger partial charge in [-0.05, 0) is 39.4 Å². The van der Waals surface area contributed by atoms with Gasteiger partial charge in [-0.25, -0.2) is 18.1 Å². The Morgan fingerprint density at radius 1 is 1.38 bits per heavy atom. The van der Waals surface area contributed by atoms with Crippen molar-refractivity contribution >= 4 is 15.8 Å². The van der Waals surface area contributed by atoms with Crippen molar-refractivity contribution in [3.05, 3.63) is 17.8 Å². The predicted molar refractivity (Wildman–Crippen MR) is 64.0 cm³/mol. The standard InChI is InChI=1S/C10H17N3O2S/c1-7(2)13-10-8(3)5-9(6-12-10)16(14,15)11-4/h5-7,11H,1-4H3,(H,12,13). The minimum Gasteiger partial charge on any atom is -0.368 e. The van der Waals surface area contributed by atoms with Gasteiger partial charge in [0.05, 0.1) is 0 Å². The normalized spacial score (nSPS) is 11.8. The largest absolute Gasteiger partial charge is 0.368 e. The summed E-state index contributed by atoms with van der Waals surface area (Å²) in [5.41, 5.74) is 0.810. The van der Waals surface area contributed by atoms with E-state index in [1.807, 2.05) is 20.8 Å². The molecule has 0 aliphatic heterocycles. The number of aryl methyl sites for hydroxylation is 1. The topological polar surface area (TPSA) is 71.1 Å². The Balaban J connectivity index is 3.09. The van der Waals surface area contributed by atoms with Crippen LogP contribution in [0.3, 0.4) is 0 Å². The fraction of sp³-hybridized carbons (Fsp3) is 0.500. The van der Waals surface area contributed by atoms with Crippen molar-refractivity contribution in [3.63, 3.8) is 0 Å². The molecule has 90 valence electrons. The van der Waals surface area contributed by atoms with Gasteiger partial charge in [-0.15, -0.1) is 0 Å². The molecule has 0 saturated heterocycles. The van der Waals surface area contributed by atoms with E-state index >= 15 is 0 Å². The van der Waals surface area contributed by atoms with Crippen LogP contribution in [0.5, 0.6) is 0 Å². The molecule has 0 fully saturated rings. The molecule has 0 radical (unpaired) electrons. The summed E-state index contributed by atoms with van der Waals surface area (Å²) < 4.78 is 25.3. The van der Waals surface area contributed by atoms with Crippen molar-refractivity contribution in [2.24, 2.45) is 0 Å². The predicted octanol–water partition coefficient (Wildman–Crippen LogP) is 1.12. The molecule has 0 unspecified atom stereocenters. The third-order valence-electron chi connectivity index (χ3n) is 2.06. The molecule has 1 aromatic heterocycles. The summed E-state index contributed by atoms with van der Waals surface area (Å²) in [6.07, 6.45) is 1.35. The van der Waals surface area contributed by atoms with E-state index in [-0.39, 0.29) is 10.9 Å². The molecular formula is C10H17N3O2S. The van der Waals surface area contributed by atoms with E-state index in [0.717, 1.165) is 5.56 Å². The Labute approximate surface area is 96.3 Å². The van der Waals surface area contributed by atoms with Crippen LogP contribution in [0.25, 0.3) is 0 Å². The second kappa shape index (κ2) is 4.80.